The Kier molecular flexibility index (Phi) is 7.51. The summed E-state index contributed by atoms with van der Waals surface area (Å²) in [4.78, 5) is 13.9. The summed E-state index contributed by atoms with van der Waals surface area (Å²) in [7, 11) is 3.08. The van der Waals surface area contributed by atoms with Gasteiger partial charge in [-0.2, -0.15) is 13.2 Å². The van der Waals surface area contributed by atoms with Crippen molar-refractivity contribution in [2.75, 3.05) is 20.8 Å². The topological polar surface area (TPSA) is 64.8 Å². The molecular weight excluding hydrogens is 440 g/mol. The number of aryl methyl sites for hydroxylation is 1. The molecule has 0 aromatic heterocycles. The normalized spacial score (nSPS) is 17.4. The number of benzene rings is 2. The summed E-state index contributed by atoms with van der Waals surface area (Å²) in [6, 6.07) is 5.45. The van der Waals surface area contributed by atoms with Gasteiger partial charge in [0.15, 0.2) is 11.5 Å². The number of halogens is 4. The molecule has 0 radical (unpaired) electrons. The first kappa shape index (κ1) is 24.8. The first-order chi connectivity index (χ1) is 15.6. The lowest BCUT2D eigenvalue weighted by molar-refractivity contribution is -0.137. The number of alkyl halides is 3. The van der Waals surface area contributed by atoms with Crippen LogP contribution >= 0.6 is 0 Å². The van der Waals surface area contributed by atoms with Gasteiger partial charge in [0.2, 0.25) is 5.91 Å². The lowest BCUT2D eigenvalue weighted by Crippen LogP contribution is -2.47. The maximum atomic E-state index is 14.2. The van der Waals surface area contributed by atoms with Crippen molar-refractivity contribution in [1.29, 1.82) is 0 Å². The van der Waals surface area contributed by atoms with Gasteiger partial charge in [-0.25, -0.2) is 4.39 Å². The second-order valence-corrected chi connectivity index (χ2v) is 8.18. The van der Waals surface area contributed by atoms with E-state index < -0.39 is 29.5 Å². The third kappa shape index (κ3) is 5.40. The third-order valence-corrected chi connectivity index (χ3v) is 6.25. The average molecular weight is 468 g/mol. The number of hydrogen-bond donors (Lipinski definition) is 1. The first-order valence-corrected chi connectivity index (χ1v) is 10.7. The highest BCUT2D eigenvalue weighted by Gasteiger charge is 2.34. The quantitative estimate of drug-likeness (QED) is 0.573. The van der Waals surface area contributed by atoms with E-state index in [1.54, 1.807) is 14.0 Å². The van der Waals surface area contributed by atoms with Crippen molar-refractivity contribution in [2.45, 2.75) is 50.9 Å². The summed E-state index contributed by atoms with van der Waals surface area (Å²) in [5.41, 5.74) is 6.69. The molecule has 180 valence electrons. The Morgan fingerprint density at radius 3 is 2.45 bits per heavy atom. The molecule has 33 heavy (non-hydrogen) atoms. The highest BCUT2D eigenvalue weighted by Crippen LogP contribution is 2.41. The van der Waals surface area contributed by atoms with Crippen LogP contribution in [0.4, 0.5) is 17.6 Å². The van der Waals surface area contributed by atoms with Crippen LogP contribution < -0.4 is 15.2 Å². The van der Waals surface area contributed by atoms with E-state index in [0.29, 0.717) is 37.3 Å². The van der Waals surface area contributed by atoms with Gasteiger partial charge in [-0.05, 0) is 79.6 Å². The van der Waals surface area contributed by atoms with Gasteiger partial charge in [-0.1, -0.05) is 0 Å². The van der Waals surface area contributed by atoms with E-state index in [0.717, 1.165) is 29.3 Å². The molecule has 5 nitrogen and oxygen atoms in total. The largest absolute Gasteiger partial charge is 0.493 e. The van der Waals surface area contributed by atoms with Crippen LogP contribution in [0.3, 0.4) is 0 Å². The molecule has 1 amide bonds. The molecule has 0 saturated carbocycles. The van der Waals surface area contributed by atoms with Crippen LogP contribution in [0, 0.1) is 5.82 Å². The number of carbonyl (C=O) groups is 1. The predicted octanol–water partition coefficient (Wildman–Crippen LogP) is 4.66. The smallest absolute Gasteiger partial charge is 0.416 e. The maximum absolute atomic E-state index is 14.2. The van der Waals surface area contributed by atoms with Crippen molar-refractivity contribution in [3.63, 3.8) is 0 Å². The maximum Gasteiger partial charge on any atom is 0.416 e. The highest BCUT2D eigenvalue weighted by atomic mass is 19.4. The number of fused-ring (bicyclic) bond motifs is 1. The zero-order valence-electron chi connectivity index (χ0n) is 18.8. The first-order valence-electron chi connectivity index (χ1n) is 10.7. The van der Waals surface area contributed by atoms with E-state index in [2.05, 4.69) is 0 Å². The summed E-state index contributed by atoms with van der Waals surface area (Å²) in [5.74, 6) is 0.00449. The molecule has 0 spiro atoms. The number of nitrogens with two attached hydrogens (primary N) is 1. The molecule has 9 heteroatoms. The van der Waals surface area contributed by atoms with Crippen molar-refractivity contribution >= 4 is 5.91 Å². The number of rotatable bonds is 8. The number of primary amides is 1. The summed E-state index contributed by atoms with van der Waals surface area (Å²) in [5, 5.41) is 0. The van der Waals surface area contributed by atoms with Crippen molar-refractivity contribution < 1.29 is 31.8 Å². The summed E-state index contributed by atoms with van der Waals surface area (Å²) >= 11 is 0. The van der Waals surface area contributed by atoms with E-state index in [1.165, 1.54) is 7.11 Å². The Morgan fingerprint density at radius 2 is 1.85 bits per heavy atom. The molecule has 2 atom stereocenters. The van der Waals surface area contributed by atoms with Crippen LogP contribution in [0.5, 0.6) is 11.5 Å². The Balaban J connectivity index is 1.88. The molecule has 1 heterocycles. The number of hydrogen-bond acceptors (Lipinski definition) is 4. The van der Waals surface area contributed by atoms with Gasteiger partial charge in [-0.15, -0.1) is 0 Å². The van der Waals surface area contributed by atoms with Gasteiger partial charge in [0.25, 0.3) is 0 Å². The lowest BCUT2D eigenvalue weighted by Gasteiger charge is -2.40. The second kappa shape index (κ2) is 9.99. The van der Waals surface area contributed by atoms with Gasteiger partial charge in [0.05, 0.1) is 25.8 Å². The Bertz CT molecular complexity index is 1010. The Morgan fingerprint density at radius 1 is 1.18 bits per heavy atom. The molecule has 1 aliphatic rings. The monoisotopic (exact) mass is 468 g/mol. The van der Waals surface area contributed by atoms with E-state index in [9.17, 15) is 22.4 Å². The predicted molar refractivity (Wildman–Crippen MR) is 116 cm³/mol. The molecule has 0 bridgehead atoms. The molecule has 2 N–H and O–H groups in total. The summed E-state index contributed by atoms with van der Waals surface area (Å²) in [6.45, 7) is 2.31. The van der Waals surface area contributed by atoms with Crippen LogP contribution in [-0.2, 0) is 23.8 Å². The van der Waals surface area contributed by atoms with E-state index in [-0.39, 0.29) is 18.0 Å². The molecule has 2 aromatic rings. The number of methoxy groups -OCH3 is 2. The fourth-order valence-corrected chi connectivity index (χ4v) is 4.42. The Hall–Kier alpha value is -2.81. The van der Waals surface area contributed by atoms with Crippen LogP contribution in [0.15, 0.2) is 30.3 Å². The zero-order valence-corrected chi connectivity index (χ0v) is 18.8. The van der Waals surface area contributed by atoms with Crippen LogP contribution in [0.2, 0.25) is 0 Å². The second-order valence-electron chi connectivity index (χ2n) is 8.18. The Labute approximate surface area is 190 Å². The number of carbonyl (C=O) groups excluding carboxylic acids is 1. The minimum atomic E-state index is -4.53. The van der Waals surface area contributed by atoms with Crippen molar-refractivity contribution in [1.82, 2.24) is 4.90 Å². The number of amides is 1. The molecule has 3 rings (SSSR count). The van der Waals surface area contributed by atoms with Crippen molar-refractivity contribution in [2.24, 2.45) is 5.73 Å². The van der Waals surface area contributed by atoms with E-state index in [4.69, 9.17) is 15.2 Å². The van der Waals surface area contributed by atoms with Crippen molar-refractivity contribution in [3.8, 4) is 11.5 Å². The molecule has 0 unspecified atom stereocenters. The third-order valence-electron chi connectivity index (χ3n) is 6.25. The van der Waals surface area contributed by atoms with Gasteiger partial charge >= 0.3 is 6.18 Å². The van der Waals surface area contributed by atoms with Crippen LogP contribution in [0.1, 0.15) is 48.1 Å². The van der Waals surface area contributed by atoms with Crippen LogP contribution in [0.25, 0.3) is 0 Å². The molecule has 1 aliphatic heterocycles. The molecule has 0 fully saturated rings. The number of nitrogens with zero attached hydrogens (tertiary/aromatic N) is 1. The standard InChI is InChI=1S/C24H28F4N2O3/c1-14(23(29)31)30-10-9-15-12-21(32-2)22(33-3)13-18(15)20(30)6-4-5-16-11-17(24(26,27)28)7-8-19(16)25/h7-8,11-14,20H,4-6,9-10H2,1-3H3,(H2,29,31)/t14-,20+/m1/s1. The fraction of sp³-hybridized carbons (Fsp3) is 0.458. The molecular formula is C24H28F4N2O3. The summed E-state index contributed by atoms with van der Waals surface area (Å²) < 4.78 is 64.1. The molecule has 2 aromatic carbocycles. The molecule has 0 aliphatic carbocycles. The minimum absolute atomic E-state index is 0.0164. The van der Waals surface area contributed by atoms with Crippen molar-refractivity contribution in [3.05, 3.63) is 58.4 Å². The van der Waals surface area contributed by atoms with E-state index >= 15 is 0 Å². The van der Waals surface area contributed by atoms with Crippen LogP contribution in [-0.4, -0.2) is 37.6 Å². The van der Waals surface area contributed by atoms with Gasteiger partial charge in [-0.3, -0.25) is 9.69 Å². The molecule has 0 saturated heterocycles. The lowest BCUT2D eigenvalue weighted by atomic mass is 9.87. The number of ether oxygens (including phenoxy) is 2. The average Bonchev–Trinajstić information content (AvgIpc) is 2.77. The zero-order chi connectivity index (χ0) is 24.3. The summed E-state index contributed by atoms with van der Waals surface area (Å²) in [6.07, 6.45) is -2.82. The van der Waals surface area contributed by atoms with Gasteiger partial charge in [0.1, 0.15) is 5.82 Å². The van der Waals surface area contributed by atoms with Gasteiger partial charge < -0.3 is 15.2 Å². The minimum Gasteiger partial charge on any atom is -0.493 e. The van der Waals surface area contributed by atoms with Gasteiger partial charge in [0, 0.05) is 12.6 Å². The van der Waals surface area contributed by atoms with E-state index in [1.807, 2.05) is 17.0 Å². The highest BCUT2D eigenvalue weighted by molar-refractivity contribution is 5.79. The SMILES string of the molecule is COc1cc2c(cc1OC)[C@H](CCCc1cc(C(F)(F)F)ccc1F)N([C@H](C)C(N)=O)CC2. The fourth-order valence-electron chi connectivity index (χ4n) is 4.42.